The van der Waals surface area contributed by atoms with Gasteiger partial charge in [-0.05, 0) is 0 Å². The van der Waals surface area contributed by atoms with Crippen LogP contribution in [0.2, 0.25) is 0 Å². The van der Waals surface area contributed by atoms with Crippen molar-refractivity contribution >= 4 is 24.8 Å². The van der Waals surface area contributed by atoms with Gasteiger partial charge in [-0.2, -0.15) is 0 Å². The van der Waals surface area contributed by atoms with Crippen LogP contribution in [0.1, 0.15) is 11.6 Å². The maximum absolute atomic E-state index is 13.5. The van der Waals surface area contributed by atoms with Crippen LogP contribution in [0.15, 0.2) is 12.1 Å². The molecule has 0 saturated carbocycles. The smallest absolute Gasteiger partial charge is 0.131 e. The molecule has 0 aromatic heterocycles. The van der Waals surface area contributed by atoms with Crippen molar-refractivity contribution in [3.8, 4) is 17.2 Å². The standard InChI is InChI=1S/C14H21FN2O3.2ClH/c1-19-10-7-12(18)14(13(8-10)20-2)11(9-15)17-5-3-16-4-6-17;;/h7-8,11,16,18H,3-6,9H2,1-2H3;2*1H/t11-;;/m0../s1. The zero-order chi connectivity index (χ0) is 14.5. The summed E-state index contributed by atoms with van der Waals surface area (Å²) >= 11 is 0. The van der Waals surface area contributed by atoms with Crippen molar-refractivity contribution in [2.45, 2.75) is 6.04 Å². The van der Waals surface area contributed by atoms with Crippen LogP contribution in [0.3, 0.4) is 0 Å². The van der Waals surface area contributed by atoms with Gasteiger partial charge in [0.25, 0.3) is 0 Å². The highest BCUT2D eigenvalue weighted by Crippen LogP contribution is 2.40. The lowest BCUT2D eigenvalue weighted by Gasteiger charge is -2.34. The first kappa shape index (κ1) is 21.0. The summed E-state index contributed by atoms with van der Waals surface area (Å²) in [4.78, 5) is 2.01. The molecule has 0 unspecified atom stereocenters. The van der Waals surface area contributed by atoms with Gasteiger partial charge in [-0.25, -0.2) is 4.39 Å². The number of nitrogens with one attached hydrogen (secondary N) is 1. The number of hydrogen-bond acceptors (Lipinski definition) is 5. The van der Waals surface area contributed by atoms with E-state index in [0.29, 0.717) is 17.1 Å². The first-order valence-corrected chi connectivity index (χ1v) is 6.66. The predicted octanol–water partition coefficient (Wildman–Crippen LogP) is 2.17. The molecule has 5 nitrogen and oxygen atoms in total. The zero-order valence-electron chi connectivity index (χ0n) is 12.7. The molecular formula is C14H23Cl2FN2O3. The number of hydrogen-bond donors (Lipinski definition) is 2. The molecule has 1 saturated heterocycles. The average molecular weight is 357 g/mol. The molecule has 22 heavy (non-hydrogen) atoms. The number of rotatable bonds is 5. The fourth-order valence-electron chi connectivity index (χ4n) is 2.56. The largest absolute Gasteiger partial charge is 0.507 e. The van der Waals surface area contributed by atoms with Gasteiger partial charge in [0.2, 0.25) is 0 Å². The summed E-state index contributed by atoms with van der Waals surface area (Å²) in [5.41, 5.74) is 0.484. The van der Waals surface area contributed by atoms with Crippen LogP contribution in [-0.4, -0.2) is 57.1 Å². The van der Waals surface area contributed by atoms with Crippen LogP contribution < -0.4 is 14.8 Å². The topological polar surface area (TPSA) is 54.0 Å². The third kappa shape index (κ3) is 4.52. The minimum Gasteiger partial charge on any atom is -0.507 e. The molecule has 128 valence electrons. The minimum atomic E-state index is -0.573. The van der Waals surface area contributed by atoms with Crippen LogP contribution >= 0.6 is 24.8 Å². The molecule has 0 bridgehead atoms. The van der Waals surface area contributed by atoms with Crippen molar-refractivity contribution in [3.63, 3.8) is 0 Å². The molecule has 2 rings (SSSR count). The van der Waals surface area contributed by atoms with E-state index < -0.39 is 12.7 Å². The molecule has 0 spiro atoms. The molecule has 1 fully saturated rings. The van der Waals surface area contributed by atoms with Crippen molar-refractivity contribution < 1.29 is 19.0 Å². The average Bonchev–Trinajstić information content (AvgIpc) is 2.50. The van der Waals surface area contributed by atoms with Crippen molar-refractivity contribution in [3.05, 3.63) is 17.7 Å². The molecule has 0 radical (unpaired) electrons. The number of phenols is 1. The summed E-state index contributed by atoms with van der Waals surface area (Å²) in [7, 11) is 3.02. The monoisotopic (exact) mass is 356 g/mol. The third-order valence-electron chi connectivity index (χ3n) is 3.62. The van der Waals surface area contributed by atoms with Gasteiger partial charge < -0.3 is 19.9 Å². The Morgan fingerprint density at radius 2 is 1.86 bits per heavy atom. The van der Waals surface area contributed by atoms with Crippen molar-refractivity contribution in [2.24, 2.45) is 0 Å². The highest BCUT2D eigenvalue weighted by molar-refractivity contribution is 5.85. The highest BCUT2D eigenvalue weighted by Gasteiger charge is 2.28. The van der Waals surface area contributed by atoms with E-state index in [2.05, 4.69) is 5.32 Å². The van der Waals surface area contributed by atoms with E-state index in [1.165, 1.54) is 20.3 Å². The van der Waals surface area contributed by atoms with Crippen LogP contribution in [-0.2, 0) is 0 Å². The molecule has 8 heteroatoms. The van der Waals surface area contributed by atoms with Crippen molar-refractivity contribution in [2.75, 3.05) is 47.1 Å². The molecular weight excluding hydrogens is 334 g/mol. The Morgan fingerprint density at radius 1 is 1.23 bits per heavy atom. The number of ether oxygens (including phenoxy) is 2. The molecule has 0 aliphatic carbocycles. The fourth-order valence-corrected chi connectivity index (χ4v) is 2.56. The number of benzene rings is 1. The van der Waals surface area contributed by atoms with E-state index in [0.717, 1.165) is 26.2 Å². The number of nitrogens with zero attached hydrogens (tertiary/aromatic N) is 1. The number of methoxy groups -OCH3 is 2. The van der Waals surface area contributed by atoms with Gasteiger partial charge in [0.1, 0.15) is 23.9 Å². The quantitative estimate of drug-likeness (QED) is 0.846. The predicted molar refractivity (Wildman–Crippen MR) is 88.9 cm³/mol. The Bertz CT molecular complexity index is 460. The minimum absolute atomic E-state index is 0. The zero-order valence-corrected chi connectivity index (χ0v) is 14.3. The van der Waals surface area contributed by atoms with Crippen LogP contribution in [0.25, 0.3) is 0 Å². The molecule has 2 N–H and O–H groups in total. The fraction of sp³-hybridized carbons (Fsp3) is 0.571. The van der Waals surface area contributed by atoms with Gasteiger partial charge in [-0.3, -0.25) is 4.90 Å². The summed E-state index contributed by atoms with van der Waals surface area (Å²) in [6.45, 7) is 2.54. The first-order valence-electron chi connectivity index (χ1n) is 6.66. The van der Waals surface area contributed by atoms with Gasteiger partial charge in [-0.1, -0.05) is 0 Å². The molecule has 0 amide bonds. The van der Waals surface area contributed by atoms with Crippen molar-refractivity contribution in [1.29, 1.82) is 0 Å². The molecule has 1 aliphatic heterocycles. The summed E-state index contributed by atoms with van der Waals surface area (Å²) in [6.07, 6.45) is 0. The van der Waals surface area contributed by atoms with E-state index >= 15 is 0 Å². The first-order chi connectivity index (χ1) is 9.71. The lowest BCUT2D eigenvalue weighted by Crippen LogP contribution is -2.45. The molecule has 1 aliphatic rings. The lowest BCUT2D eigenvalue weighted by molar-refractivity contribution is 0.142. The van der Waals surface area contributed by atoms with Gasteiger partial charge in [0.05, 0.1) is 25.8 Å². The van der Waals surface area contributed by atoms with E-state index in [1.807, 2.05) is 4.90 Å². The summed E-state index contributed by atoms with van der Waals surface area (Å²) < 4.78 is 23.9. The Kier molecular flexibility index (Phi) is 9.51. The molecule has 1 atom stereocenters. The highest BCUT2D eigenvalue weighted by atomic mass is 35.5. The summed E-state index contributed by atoms with van der Waals surface area (Å²) in [5, 5.41) is 13.4. The number of piperazine rings is 1. The van der Waals surface area contributed by atoms with E-state index in [-0.39, 0.29) is 30.6 Å². The second-order valence-corrected chi connectivity index (χ2v) is 4.72. The maximum atomic E-state index is 13.5. The normalized spacial score (nSPS) is 16.1. The van der Waals surface area contributed by atoms with Crippen LogP contribution in [0, 0.1) is 0 Å². The van der Waals surface area contributed by atoms with Gasteiger partial charge in [-0.15, -0.1) is 24.8 Å². The Morgan fingerprint density at radius 3 is 2.36 bits per heavy atom. The van der Waals surface area contributed by atoms with Gasteiger partial charge >= 0.3 is 0 Å². The number of phenolic OH excluding ortho intramolecular Hbond substituents is 1. The van der Waals surface area contributed by atoms with E-state index in [9.17, 15) is 9.50 Å². The summed E-state index contributed by atoms with van der Waals surface area (Å²) in [6, 6.07) is 2.65. The van der Waals surface area contributed by atoms with Crippen molar-refractivity contribution in [1.82, 2.24) is 10.2 Å². The lowest BCUT2D eigenvalue weighted by atomic mass is 10.0. The number of alkyl halides is 1. The third-order valence-corrected chi connectivity index (χ3v) is 3.62. The molecule has 1 aromatic carbocycles. The Balaban J connectivity index is 0.00000220. The Hall–Kier alpha value is -0.950. The van der Waals surface area contributed by atoms with Crippen LogP contribution in [0.4, 0.5) is 4.39 Å². The molecule has 1 heterocycles. The SMILES string of the molecule is COc1cc(O)c([C@H](CF)N2CCNCC2)c(OC)c1.Cl.Cl. The number of halogens is 3. The summed E-state index contributed by atoms with van der Waals surface area (Å²) in [5.74, 6) is 0.937. The second kappa shape index (κ2) is 9.94. The molecule has 1 aromatic rings. The number of aromatic hydroxyl groups is 1. The maximum Gasteiger partial charge on any atom is 0.131 e. The van der Waals surface area contributed by atoms with E-state index in [1.54, 1.807) is 6.07 Å². The van der Waals surface area contributed by atoms with E-state index in [4.69, 9.17) is 9.47 Å². The van der Waals surface area contributed by atoms with Gasteiger partial charge in [0.15, 0.2) is 0 Å². The Labute approximate surface area is 142 Å². The van der Waals surface area contributed by atoms with Crippen LogP contribution in [0.5, 0.6) is 17.2 Å². The van der Waals surface area contributed by atoms with Gasteiger partial charge in [0, 0.05) is 38.3 Å². The second-order valence-electron chi connectivity index (χ2n) is 4.72.